The molecule has 1 unspecified atom stereocenters. The lowest BCUT2D eigenvalue weighted by Gasteiger charge is -2.33. The van der Waals surface area contributed by atoms with Crippen LogP contribution in [0.3, 0.4) is 0 Å². The van der Waals surface area contributed by atoms with Crippen LogP contribution in [0.1, 0.15) is 28.4 Å². The average molecular weight is 288 g/mol. The molecular formula is C16H20N2OS. The maximum Gasteiger partial charge on any atom is 0.254 e. The third-order valence-electron chi connectivity index (χ3n) is 3.43. The van der Waals surface area contributed by atoms with Gasteiger partial charge < -0.3 is 10.6 Å². The van der Waals surface area contributed by atoms with Crippen molar-refractivity contribution in [2.75, 3.05) is 24.6 Å². The molecule has 1 aliphatic rings. The van der Waals surface area contributed by atoms with E-state index in [0.717, 1.165) is 34.7 Å². The normalized spacial score (nSPS) is 18.4. The molecule has 1 fully saturated rings. The van der Waals surface area contributed by atoms with Gasteiger partial charge in [-0.3, -0.25) is 4.79 Å². The molecule has 106 valence electrons. The largest absolute Gasteiger partial charge is 0.334 e. The van der Waals surface area contributed by atoms with E-state index in [2.05, 4.69) is 18.8 Å². The molecule has 1 aromatic rings. The van der Waals surface area contributed by atoms with Gasteiger partial charge in [0.05, 0.1) is 6.54 Å². The molecule has 3 nitrogen and oxygen atoms in total. The van der Waals surface area contributed by atoms with Crippen molar-refractivity contribution in [3.05, 3.63) is 34.9 Å². The van der Waals surface area contributed by atoms with Gasteiger partial charge in [-0.15, -0.1) is 0 Å². The van der Waals surface area contributed by atoms with Crippen LogP contribution in [-0.2, 0) is 0 Å². The molecule has 0 aromatic heterocycles. The van der Waals surface area contributed by atoms with Crippen LogP contribution in [-0.4, -0.2) is 41.4 Å². The number of nitrogens with zero attached hydrogens (tertiary/aromatic N) is 1. The molecule has 1 aliphatic heterocycles. The minimum absolute atomic E-state index is 0.117. The van der Waals surface area contributed by atoms with E-state index in [1.807, 2.05) is 41.8 Å². The van der Waals surface area contributed by atoms with E-state index in [1.165, 1.54) is 0 Å². The molecule has 0 spiro atoms. The maximum atomic E-state index is 12.7. The summed E-state index contributed by atoms with van der Waals surface area (Å²) in [5, 5.41) is 0. The summed E-state index contributed by atoms with van der Waals surface area (Å²) in [6.45, 7) is 5.23. The summed E-state index contributed by atoms with van der Waals surface area (Å²) >= 11 is 1.91. The van der Waals surface area contributed by atoms with Crippen molar-refractivity contribution >= 4 is 17.7 Å². The van der Waals surface area contributed by atoms with Gasteiger partial charge in [-0.2, -0.15) is 11.8 Å². The molecule has 0 radical (unpaired) electrons. The molecule has 2 rings (SSSR count). The highest BCUT2D eigenvalue weighted by Crippen LogP contribution is 2.20. The van der Waals surface area contributed by atoms with Crippen molar-refractivity contribution < 1.29 is 4.79 Å². The molecule has 0 aliphatic carbocycles. The Morgan fingerprint density at radius 1 is 1.55 bits per heavy atom. The Kier molecular flexibility index (Phi) is 5.11. The lowest BCUT2D eigenvalue weighted by molar-refractivity contribution is 0.0715. The zero-order chi connectivity index (χ0) is 14.5. The van der Waals surface area contributed by atoms with Crippen molar-refractivity contribution in [3.8, 4) is 11.8 Å². The molecule has 20 heavy (non-hydrogen) atoms. The Morgan fingerprint density at radius 3 is 3.05 bits per heavy atom. The second-order valence-electron chi connectivity index (χ2n) is 4.96. The highest BCUT2D eigenvalue weighted by Gasteiger charge is 2.25. The van der Waals surface area contributed by atoms with Gasteiger partial charge in [0.2, 0.25) is 0 Å². The third kappa shape index (κ3) is 3.36. The van der Waals surface area contributed by atoms with Gasteiger partial charge in [-0.1, -0.05) is 17.9 Å². The van der Waals surface area contributed by atoms with Gasteiger partial charge >= 0.3 is 0 Å². The number of hydrogen-bond acceptors (Lipinski definition) is 3. The topological polar surface area (TPSA) is 46.3 Å². The second kappa shape index (κ2) is 6.83. The van der Waals surface area contributed by atoms with Crippen molar-refractivity contribution in [2.24, 2.45) is 5.73 Å². The SMILES string of the molecule is Cc1ccc(C#CCN)cc1C(=O)N1CCSCC1C. The van der Waals surface area contributed by atoms with E-state index in [4.69, 9.17) is 5.73 Å². The lowest BCUT2D eigenvalue weighted by atomic mass is 10.0. The van der Waals surface area contributed by atoms with E-state index < -0.39 is 0 Å². The number of benzene rings is 1. The Morgan fingerprint density at radius 2 is 2.35 bits per heavy atom. The van der Waals surface area contributed by atoms with Gasteiger partial charge in [0.1, 0.15) is 0 Å². The fourth-order valence-electron chi connectivity index (χ4n) is 2.27. The van der Waals surface area contributed by atoms with Crippen LogP contribution in [0.25, 0.3) is 0 Å². The van der Waals surface area contributed by atoms with Gasteiger partial charge in [0.15, 0.2) is 0 Å². The lowest BCUT2D eigenvalue weighted by Crippen LogP contribution is -2.44. The number of carbonyl (C=O) groups excluding carboxylic acids is 1. The van der Waals surface area contributed by atoms with Crippen LogP contribution in [0, 0.1) is 18.8 Å². The summed E-state index contributed by atoms with van der Waals surface area (Å²) in [7, 11) is 0. The fourth-order valence-corrected chi connectivity index (χ4v) is 3.28. The zero-order valence-corrected chi connectivity index (χ0v) is 12.8. The number of thioether (sulfide) groups is 1. The van der Waals surface area contributed by atoms with E-state index in [9.17, 15) is 4.79 Å². The molecule has 2 N–H and O–H groups in total. The molecule has 1 aromatic carbocycles. The first-order valence-corrected chi connectivity index (χ1v) is 7.97. The molecule has 4 heteroatoms. The molecule has 1 heterocycles. The monoisotopic (exact) mass is 288 g/mol. The van der Waals surface area contributed by atoms with Crippen LogP contribution in [0.2, 0.25) is 0 Å². The molecule has 1 saturated heterocycles. The zero-order valence-electron chi connectivity index (χ0n) is 12.0. The molecule has 0 saturated carbocycles. The predicted molar refractivity (Wildman–Crippen MR) is 84.9 cm³/mol. The highest BCUT2D eigenvalue weighted by molar-refractivity contribution is 7.99. The standard InChI is InChI=1S/C16H20N2OS/c1-12-5-6-14(4-3-7-17)10-15(12)16(19)18-8-9-20-11-13(18)2/h5-6,10,13H,7-9,11,17H2,1-2H3. The quantitative estimate of drug-likeness (QED) is 0.803. The van der Waals surface area contributed by atoms with E-state index in [1.54, 1.807) is 0 Å². The number of amides is 1. The number of rotatable bonds is 1. The van der Waals surface area contributed by atoms with Crippen LogP contribution in [0.4, 0.5) is 0 Å². The summed E-state index contributed by atoms with van der Waals surface area (Å²) in [5.41, 5.74) is 7.99. The first-order chi connectivity index (χ1) is 9.63. The number of carbonyl (C=O) groups is 1. The first-order valence-electron chi connectivity index (χ1n) is 6.81. The number of hydrogen-bond donors (Lipinski definition) is 1. The van der Waals surface area contributed by atoms with E-state index in [0.29, 0.717) is 12.6 Å². The Hall–Kier alpha value is -1.44. The maximum absolute atomic E-state index is 12.7. The minimum atomic E-state index is 0.117. The van der Waals surface area contributed by atoms with Crippen molar-refractivity contribution in [1.29, 1.82) is 0 Å². The van der Waals surface area contributed by atoms with Crippen molar-refractivity contribution in [1.82, 2.24) is 4.90 Å². The second-order valence-corrected chi connectivity index (χ2v) is 6.11. The smallest absolute Gasteiger partial charge is 0.254 e. The third-order valence-corrected chi connectivity index (χ3v) is 4.62. The average Bonchev–Trinajstić information content (AvgIpc) is 2.46. The van der Waals surface area contributed by atoms with Crippen LogP contribution >= 0.6 is 11.8 Å². The van der Waals surface area contributed by atoms with Gasteiger partial charge in [0.25, 0.3) is 5.91 Å². The Balaban J connectivity index is 2.28. The summed E-state index contributed by atoms with van der Waals surface area (Å²) in [6, 6.07) is 6.07. The summed E-state index contributed by atoms with van der Waals surface area (Å²) in [6.07, 6.45) is 0. The summed E-state index contributed by atoms with van der Waals surface area (Å²) in [4.78, 5) is 14.7. The number of nitrogens with two attached hydrogens (primary N) is 1. The Labute approximate surface area is 124 Å². The fraction of sp³-hybridized carbons (Fsp3) is 0.438. The van der Waals surface area contributed by atoms with Gasteiger partial charge in [-0.25, -0.2) is 0 Å². The number of aryl methyl sites for hydroxylation is 1. The van der Waals surface area contributed by atoms with Crippen molar-refractivity contribution in [2.45, 2.75) is 19.9 Å². The van der Waals surface area contributed by atoms with Crippen molar-refractivity contribution in [3.63, 3.8) is 0 Å². The molecule has 1 amide bonds. The summed E-state index contributed by atoms with van der Waals surface area (Å²) in [5.74, 6) is 7.96. The molecule has 0 bridgehead atoms. The Bertz CT molecular complexity index is 559. The minimum Gasteiger partial charge on any atom is -0.334 e. The van der Waals surface area contributed by atoms with Crippen LogP contribution in [0.15, 0.2) is 18.2 Å². The summed E-state index contributed by atoms with van der Waals surface area (Å²) < 4.78 is 0. The van der Waals surface area contributed by atoms with Gasteiger partial charge in [0, 0.05) is 35.2 Å². The van der Waals surface area contributed by atoms with E-state index in [-0.39, 0.29) is 5.91 Å². The van der Waals surface area contributed by atoms with Crippen LogP contribution in [0.5, 0.6) is 0 Å². The van der Waals surface area contributed by atoms with Crippen LogP contribution < -0.4 is 5.73 Å². The molecule has 1 atom stereocenters. The molecular weight excluding hydrogens is 268 g/mol. The van der Waals surface area contributed by atoms with Gasteiger partial charge in [-0.05, 0) is 31.5 Å². The highest BCUT2D eigenvalue weighted by atomic mass is 32.2. The van der Waals surface area contributed by atoms with E-state index >= 15 is 0 Å². The predicted octanol–water partition coefficient (Wildman–Crippen LogP) is 1.88. The first kappa shape index (κ1) is 15.0.